The normalized spacial score (nSPS) is 11.3. The number of pyridine rings is 1. The Morgan fingerprint density at radius 1 is 0.853 bits per heavy atom. The van der Waals surface area contributed by atoms with E-state index in [9.17, 15) is 4.79 Å². The molecule has 4 nitrogen and oxygen atoms in total. The Bertz CT molecular complexity index is 1600. The number of hydrogen-bond acceptors (Lipinski definition) is 2. The van der Waals surface area contributed by atoms with Gasteiger partial charge in [-0.25, -0.2) is 0 Å². The molecule has 5 rings (SSSR count). The summed E-state index contributed by atoms with van der Waals surface area (Å²) in [5.41, 5.74) is 6.01. The van der Waals surface area contributed by atoms with Gasteiger partial charge < -0.3 is 0 Å². The van der Waals surface area contributed by atoms with Crippen molar-refractivity contribution in [2.75, 3.05) is 0 Å². The van der Waals surface area contributed by atoms with E-state index in [4.69, 9.17) is 28.2 Å². The van der Waals surface area contributed by atoms with E-state index in [2.05, 4.69) is 23.7 Å². The Hall–Kier alpha value is -2.78. The van der Waals surface area contributed by atoms with Crippen molar-refractivity contribution in [1.82, 2.24) is 14.1 Å². The van der Waals surface area contributed by atoms with Crippen LogP contribution in [-0.2, 0) is 20.5 Å². The van der Waals surface area contributed by atoms with Crippen LogP contribution in [-0.4, -0.2) is 31.0 Å². The Balaban J connectivity index is 1.61. The third-order valence-electron chi connectivity index (χ3n) is 6.17. The summed E-state index contributed by atoms with van der Waals surface area (Å²) < 4.78 is 4.89. The van der Waals surface area contributed by atoms with E-state index >= 15 is 0 Å². The van der Waals surface area contributed by atoms with Gasteiger partial charge in [0.15, 0.2) is 0 Å². The van der Waals surface area contributed by atoms with Crippen LogP contribution in [0, 0.1) is 0 Å². The molecule has 1 unspecified atom stereocenters. The van der Waals surface area contributed by atoms with Crippen LogP contribution in [0.5, 0.6) is 0 Å². The van der Waals surface area contributed by atoms with E-state index in [0.29, 0.717) is 10.0 Å². The number of nitrogens with zero attached hydrogens (tertiary/aromatic N) is 3. The van der Waals surface area contributed by atoms with Crippen LogP contribution in [0.3, 0.4) is 0 Å². The molecule has 5 aromatic rings. The second kappa shape index (κ2) is 9.11. The average molecular weight is 550 g/mol. The SMILES string of the molecule is Cn1c(-c2ccc(Cl)cc2)nc([AsH2])c1Cc1ccc2c(c1)c(-c1cccc(Cl)c1)cc(=O)n2C. The van der Waals surface area contributed by atoms with Crippen molar-refractivity contribution in [2.24, 2.45) is 14.1 Å². The molecule has 170 valence electrons. The van der Waals surface area contributed by atoms with Crippen LogP contribution in [0.25, 0.3) is 33.4 Å². The van der Waals surface area contributed by atoms with Crippen LogP contribution in [0.15, 0.2) is 77.6 Å². The standard InChI is InChI=1S/C27H22AsCl2N3O/c1-32-23-11-6-16(12-22(23)21(15-25(32)34)18-4-3-5-20(30)14-18)13-24-26(28)31-27(33(24)2)17-7-9-19(29)10-8-17/h3-12,14-15H,13,28H2,1-2H3. The molecule has 3 aromatic carbocycles. The molecule has 0 bridgehead atoms. The summed E-state index contributed by atoms with van der Waals surface area (Å²) in [6.07, 6.45) is 0.735. The fourth-order valence-corrected chi connectivity index (χ4v) is 5.52. The molecule has 0 aliphatic heterocycles. The van der Waals surface area contributed by atoms with E-state index in [1.807, 2.05) is 54.6 Å². The first kappa shape index (κ1) is 23.0. The van der Waals surface area contributed by atoms with Crippen molar-refractivity contribution in [3.05, 3.63) is 104 Å². The molecule has 0 saturated carbocycles. The van der Waals surface area contributed by atoms with Crippen molar-refractivity contribution < 1.29 is 0 Å². The van der Waals surface area contributed by atoms with Gasteiger partial charge in [0.1, 0.15) is 0 Å². The minimum absolute atomic E-state index is 0.0481. The van der Waals surface area contributed by atoms with Gasteiger partial charge in [0.05, 0.1) is 0 Å². The van der Waals surface area contributed by atoms with Gasteiger partial charge in [0, 0.05) is 0 Å². The summed E-state index contributed by atoms with van der Waals surface area (Å²) in [4.78, 5) is 17.5. The molecule has 0 aliphatic carbocycles. The predicted octanol–water partition coefficient (Wildman–Crippen LogP) is 4.76. The van der Waals surface area contributed by atoms with E-state index in [0.717, 1.165) is 49.9 Å². The summed E-state index contributed by atoms with van der Waals surface area (Å²) in [5.74, 6) is 0.925. The topological polar surface area (TPSA) is 39.8 Å². The third kappa shape index (κ3) is 4.22. The second-order valence-electron chi connectivity index (χ2n) is 8.33. The first-order valence-electron chi connectivity index (χ1n) is 10.8. The van der Waals surface area contributed by atoms with E-state index < -0.39 is 0 Å². The molecule has 7 heteroatoms. The molecular formula is C27H22AsCl2N3O. The summed E-state index contributed by atoms with van der Waals surface area (Å²) >= 11 is 13.8. The fourth-order valence-electron chi connectivity index (χ4n) is 4.33. The summed E-state index contributed by atoms with van der Waals surface area (Å²) in [6, 6.07) is 23.4. The number of imidazole rings is 1. The number of aromatic nitrogens is 3. The predicted molar refractivity (Wildman–Crippen MR) is 144 cm³/mol. The van der Waals surface area contributed by atoms with E-state index in [1.54, 1.807) is 17.7 Å². The Morgan fingerprint density at radius 2 is 1.62 bits per heavy atom. The first-order chi connectivity index (χ1) is 16.3. The quantitative estimate of drug-likeness (QED) is 0.303. The van der Waals surface area contributed by atoms with Crippen molar-refractivity contribution in [1.29, 1.82) is 0 Å². The number of fused-ring (bicyclic) bond motifs is 1. The van der Waals surface area contributed by atoms with Crippen molar-refractivity contribution in [3.8, 4) is 22.5 Å². The van der Waals surface area contributed by atoms with E-state index in [1.165, 1.54) is 22.5 Å². The Kier molecular flexibility index (Phi) is 6.16. The number of hydrogen-bond donors (Lipinski definition) is 0. The van der Waals surface area contributed by atoms with Gasteiger partial charge in [-0.15, -0.1) is 0 Å². The molecule has 0 aliphatic rings. The monoisotopic (exact) mass is 549 g/mol. The van der Waals surface area contributed by atoms with E-state index in [-0.39, 0.29) is 5.56 Å². The van der Waals surface area contributed by atoms with Gasteiger partial charge in [-0.05, 0) is 0 Å². The third-order valence-corrected chi connectivity index (χ3v) is 7.62. The van der Waals surface area contributed by atoms with Crippen LogP contribution < -0.4 is 10.0 Å². The summed E-state index contributed by atoms with van der Waals surface area (Å²) in [5, 5.41) is 2.37. The van der Waals surface area contributed by atoms with Gasteiger partial charge in [-0.3, -0.25) is 0 Å². The fraction of sp³-hybridized carbons (Fsp3) is 0.111. The van der Waals surface area contributed by atoms with Crippen LogP contribution in [0.4, 0.5) is 0 Å². The van der Waals surface area contributed by atoms with Crippen LogP contribution in [0.2, 0.25) is 10.0 Å². The minimum atomic E-state index is -0.0481. The Morgan fingerprint density at radius 3 is 2.35 bits per heavy atom. The molecule has 0 N–H and O–H groups in total. The molecule has 2 heterocycles. The van der Waals surface area contributed by atoms with Crippen molar-refractivity contribution in [2.45, 2.75) is 6.42 Å². The van der Waals surface area contributed by atoms with Crippen LogP contribution >= 0.6 is 23.2 Å². The average Bonchev–Trinajstić information content (AvgIpc) is 3.10. The van der Waals surface area contributed by atoms with Gasteiger partial charge in [0.25, 0.3) is 0 Å². The van der Waals surface area contributed by atoms with Gasteiger partial charge in [-0.2, -0.15) is 0 Å². The zero-order chi connectivity index (χ0) is 24.0. The second-order valence-corrected chi connectivity index (χ2v) is 10.3. The van der Waals surface area contributed by atoms with Gasteiger partial charge >= 0.3 is 217 Å². The summed E-state index contributed by atoms with van der Waals surface area (Å²) in [6.45, 7) is 0. The number of aryl methyl sites for hydroxylation is 1. The number of rotatable bonds is 4. The maximum atomic E-state index is 12.6. The molecule has 2 aromatic heterocycles. The molecule has 0 amide bonds. The molecule has 1 atom stereocenters. The van der Waals surface area contributed by atoms with Crippen molar-refractivity contribution >= 4 is 55.4 Å². The molecule has 0 fully saturated rings. The zero-order valence-electron chi connectivity index (χ0n) is 18.7. The number of benzene rings is 3. The Labute approximate surface area is 216 Å². The number of halogens is 2. The zero-order valence-corrected chi connectivity index (χ0v) is 22.7. The van der Waals surface area contributed by atoms with Gasteiger partial charge in [-0.1, -0.05) is 0 Å². The first-order valence-corrected chi connectivity index (χ1v) is 12.7. The summed E-state index contributed by atoms with van der Waals surface area (Å²) in [7, 11) is 3.86. The molecular weight excluding hydrogens is 528 g/mol. The molecule has 34 heavy (non-hydrogen) atoms. The molecule has 0 radical (unpaired) electrons. The molecule has 0 saturated heterocycles. The molecule has 0 spiro atoms. The van der Waals surface area contributed by atoms with Gasteiger partial charge in [0.2, 0.25) is 0 Å². The van der Waals surface area contributed by atoms with Crippen molar-refractivity contribution in [3.63, 3.8) is 0 Å². The maximum absolute atomic E-state index is 12.6. The van der Waals surface area contributed by atoms with Crippen LogP contribution in [0.1, 0.15) is 11.3 Å².